The first-order valence-corrected chi connectivity index (χ1v) is 6.47. The van der Waals surface area contributed by atoms with Crippen LogP contribution >= 0.6 is 11.6 Å². The van der Waals surface area contributed by atoms with Crippen LogP contribution in [0.15, 0.2) is 6.20 Å². The summed E-state index contributed by atoms with van der Waals surface area (Å²) < 4.78 is 0. The van der Waals surface area contributed by atoms with Crippen LogP contribution in [-0.4, -0.2) is 34.3 Å². The molecule has 1 saturated carbocycles. The molecule has 1 fully saturated rings. The zero-order valence-corrected chi connectivity index (χ0v) is 10.8. The van der Waals surface area contributed by atoms with Gasteiger partial charge in [0, 0.05) is 24.3 Å². The first kappa shape index (κ1) is 12.6. The average Bonchev–Trinajstić information content (AvgIpc) is 2.83. The number of nitrogens with zero attached hydrogens (tertiary/aromatic N) is 3. The summed E-state index contributed by atoms with van der Waals surface area (Å²) in [5.41, 5.74) is 1.01. The van der Waals surface area contributed by atoms with E-state index in [0.717, 1.165) is 11.4 Å². The van der Waals surface area contributed by atoms with Crippen LogP contribution in [-0.2, 0) is 0 Å². The molecular formula is C12H18ClN3O. The van der Waals surface area contributed by atoms with E-state index in [0.29, 0.717) is 12.6 Å². The van der Waals surface area contributed by atoms with Crippen LogP contribution in [0.2, 0.25) is 5.28 Å². The van der Waals surface area contributed by atoms with Gasteiger partial charge in [0.1, 0.15) is 5.82 Å². The second-order valence-electron chi connectivity index (χ2n) is 4.50. The number of hydrogen-bond acceptors (Lipinski definition) is 4. The van der Waals surface area contributed by atoms with Crippen LogP contribution in [0.1, 0.15) is 31.2 Å². The predicted octanol–water partition coefficient (Wildman–Crippen LogP) is 2.18. The Morgan fingerprint density at radius 2 is 2.18 bits per heavy atom. The minimum atomic E-state index is 0.136. The predicted molar refractivity (Wildman–Crippen MR) is 68.5 cm³/mol. The van der Waals surface area contributed by atoms with Gasteiger partial charge in [-0.05, 0) is 31.4 Å². The third-order valence-electron chi connectivity index (χ3n) is 3.29. The molecule has 94 valence electrons. The van der Waals surface area contributed by atoms with Crippen LogP contribution in [0, 0.1) is 6.92 Å². The van der Waals surface area contributed by atoms with E-state index in [1.165, 1.54) is 25.7 Å². The molecule has 1 aromatic heterocycles. The largest absolute Gasteiger partial charge is 0.395 e. The molecule has 0 atom stereocenters. The number of aliphatic hydroxyl groups excluding tert-OH is 1. The Bertz CT molecular complexity index is 380. The SMILES string of the molecule is Cc1cnc(Cl)nc1N(CCO)C1CCCC1. The highest BCUT2D eigenvalue weighted by molar-refractivity contribution is 6.28. The standard InChI is InChI=1S/C12H18ClN3O/c1-9-8-14-12(13)15-11(9)16(6-7-17)10-4-2-3-5-10/h8,10,17H,2-7H2,1H3. The number of aromatic nitrogens is 2. The summed E-state index contributed by atoms with van der Waals surface area (Å²) in [5, 5.41) is 9.47. The maximum absolute atomic E-state index is 9.20. The number of aryl methyl sites for hydroxylation is 1. The van der Waals surface area contributed by atoms with Gasteiger partial charge in [-0.25, -0.2) is 9.97 Å². The molecule has 1 aliphatic rings. The summed E-state index contributed by atoms with van der Waals surface area (Å²) in [7, 11) is 0. The number of rotatable bonds is 4. The molecule has 0 unspecified atom stereocenters. The molecule has 0 aliphatic heterocycles. The Balaban J connectivity index is 2.27. The molecule has 1 aromatic rings. The van der Waals surface area contributed by atoms with Gasteiger partial charge in [-0.15, -0.1) is 0 Å². The van der Waals surface area contributed by atoms with Crippen molar-refractivity contribution in [1.82, 2.24) is 9.97 Å². The van der Waals surface area contributed by atoms with E-state index in [1.807, 2.05) is 6.92 Å². The van der Waals surface area contributed by atoms with Gasteiger partial charge in [0.15, 0.2) is 0 Å². The lowest BCUT2D eigenvalue weighted by Gasteiger charge is -2.30. The fourth-order valence-corrected chi connectivity index (χ4v) is 2.62. The number of anilines is 1. The molecule has 0 amide bonds. The van der Waals surface area contributed by atoms with E-state index in [-0.39, 0.29) is 11.9 Å². The molecule has 5 heteroatoms. The van der Waals surface area contributed by atoms with E-state index in [9.17, 15) is 5.11 Å². The Kier molecular flexibility index (Phi) is 4.18. The van der Waals surface area contributed by atoms with Crippen molar-refractivity contribution in [2.24, 2.45) is 0 Å². The Labute approximate surface area is 107 Å². The van der Waals surface area contributed by atoms with Gasteiger partial charge < -0.3 is 10.0 Å². The van der Waals surface area contributed by atoms with E-state index in [4.69, 9.17) is 11.6 Å². The zero-order chi connectivity index (χ0) is 12.3. The highest BCUT2D eigenvalue weighted by atomic mass is 35.5. The Morgan fingerprint density at radius 3 is 2.82 bits per heavy atom. The van der Waals surface area contributed by atoms with Gasteiger partial charge in [0.2, 0.25) is 5.28 Å². The van der Waals surface area contributed by atoms with Crippen LogP contribution in [0.3, 0.4) is 0 Å². The maximum atomic E-state index is 9.20. The second kappa shape index (κ2) is 5.65. The lowest BCUT2D eigenvalue weighted by molar-refractivity contribution is 0.296. The number of hydrogen-bond donors (Lipinski definition) is 1. The summed E-state index contributed by atoms with van der Waals surface area (Å²) >= 11 is 5.86. The molecule has 17 heavy (non-hydrogen) atoms. The van der Waals surface area contributed by atoms with Crippen LogP contribution < -0.4 is 4.90 Å². The van der Waals surface area contributed by atoms with E-state index < -0.39 is 0 Å². The lowest BCUT2D eigenvalue weighted by Crippen LogP contribution is -2.37. The Morgan fingerprint density at radius 1 is 1.47 bits per heavy atom. The topological polar surface area (TPSA) is 49.2 Å². The lowest BCUT2D eigenvalue weighted by atomic mass is 10.2. The molecule has 0 spiro atoms. The van der Waals surface area contributed by atoms with Gasteiger partial charge in [-0.3, -0.25) is 0 Å². The number of aliphatic hydroxyl groups is 1. The fourth-order valence-electron chi connectivity index (χ4n) is 2.49. The molecule has 2 rings (SSSR count). The summed E-state index contributed by atoms with van der Waals surface area (Å²) in [5.74, 6) is 0.867. The quantitative estimate of drug-likeness (QED) is 0.838. The van der Waals surface area contributed by atoms with Crippen molar-refractivity contribution in [3.8, 4) is 0 Å². The summed E-state index contributed by atoms with van der Waals surface area (Å²) in [6.07, 6.45) is 6.58. The van der Waals surface area contributed by atoms with Crippen molar-refractivity contribution >= 4 is 17.4 Å². The van der Waals surface area contributed by atoms with Crippen LogP contribution in [0.5, 0.6) is 0 Å². The van der Waals surface area contributed by atoms with Gasteiger partial charge in [-0.2, -0.15) is 0 Å². The minimum Gasteiger partial charge on any atom is -0.395 e. The summed E-state index contributed by atoms with van der Waals surface area (Å²) in [6.45, 7) is 2.72. The van der Waals surface area contributed by atoms with E-state index in [1.54, 1.807) is 6.20 Å². The van der Waals surface area contributed by atoms with Crippen LogP contribution in [0.4, 0.5) is 5.82 Å². The number of halogens is 1. The minimum absolute atomic E-state index is 0.136. The molecular weight excluding hydrogens is 238 g/mol. The first-order chi connectivity index (χ1) is 8.22. The summed E-state index contributed by atoms with van der Waals surface area (Å²) in [6, 6.07) is 0.479. The summed E-state index contributed by atoms with van der Waals surface area (Å²) in [4.78, 5) is 10.5. The first-order valence-electron chi connectivity index (χ1n) is 6.09. The highest BCUT2D eigenvalue weighted by Gasteiger charge is 2.24. The van der Waals surface area contributed by atoms with E-state index in [2.05, 4.69) is 14.9 Å². The molecule has 0 aromatic carbocycles. The van der Waals surface area contributed by atoms with Crippen molar-refractivity contribution in [3.63, 3.8) is 0 Å². The highest BCUT2D eigenvalue weighted by Crippen LogP contribution is 2.28. The monoisotopic (exact) mass is 255 g/mol. The van der Waals surface area contributed by atoms with E-state index >= 15 is 0 Å². The fraction of sp³-hybridized carbons (Fsp3) is 0.667. The third-order valence-corrected chi connectivity index (χ3v) is 3.48. The molecule has 0 saturated heterocycles. The van der Waals surface area contributed by atoms with Gasteiger partial charge in [-0.1, -0.05) is 12.8 Å². The molecule has 0 bridgehead atoms. The van der Waals surface area contributed by atoms with Crippen molar-refractivity contribution < 1.29 is 5.11 Å². The third kappa shape index (κ3) is 2.87. The van der Waals surface area contributed by atoms with Crippen molar-refractivity contribution in [1.29, 1.82) is 0 Å². The Hall–Kier alpha value is -0.870. The van der Waals surface area contributed by atoms with Crippen molar-refractivity contribution in [2.75, 3.05) is 18.1 Å². The maximum Gasteiger partial charge on any atom is 0.224 e. The van der Waals surface area contributed by atoms with Crippen molar-refractivity contribution in [2.45, 2.75) is 38.6 Å². The van der Waals surface area contributed by atoms with Crippen LogP contribution in [0.25, 0.3) is 0 Å². The van der Waals surface area contributed by atoms with Gasteiger partial charge in [0.25, 0.3) is 0 Å². The smallest absolute Gasteiger partial charge is 0.224 e. The molecule has 1 aliphatic carbocycles. The van der Waals surface area contributed by atoms with Crippen molar-refractivity contribution in [3.05, 3.63) is 17.0 Å². The average molecular weight is 256 g/mol. The molecule has 0 radical (unpaired) electrons. The molecule has 1 heterocycles. The molecule has 4 nitrogen and oxygen atoms in total. The van der Waals surface area contributed by atoms with Gasteiger partial charge >= 0.3 is 0 Å². The second-order valence-corrected chi connectivity index (χ2v) is 4.84. The zero-order valence-electron chi connectivity index (χ0n) is 10.1. The normalized spacial score (nSPS) is 16.4. The molecule has 1 N–H and O–H groups in total. The van der Waals surface area contributed by atoms with Gasteiger partial charge in [0.05, 0.1) is 6.61 Å².